The lowest BCUT2D eigenvalue weighted by molar-refractivity contribution is 0.0556. The quantitative estimate of drug-likeness (QED) is 0.749. The number of aryl methyl sites for hydroxylation is 1. The lowest BCUT2D eigenvalue weighted by Gasteiger charge is -2.35. The van der Waals surface area contributed by atoms with Gasteiger partial charge in [-0.25, -0.2) is 4.98 Å². The van der Waals surface area contributed by atoms with Gasteiger partial charge in [-0.2, -0.15) is 0 Å². The van der Waals surface area contributed by atoms with Gasteiger partial charge >= 0.3 is 0 Å². The van der Waals surface area contributed by atoms with Gasteiger partial charge in [-0.15, -0.1) is 0 Å². The molecule has 22 heavy (non-hydrogen) atoms. The van der Waals surface area contributed by atoms with E-state index >= 15 is 0 Å². The van der Waals surface area contributed by atoms with E-state index in [1.54, 1.807) is 0 Å². The molecule has 2 aromatic heterocycles. The zero-order chi connectivity index (χ0) is 14.7. The van der Waals surface area contributed by atoms with Crippen molar-refractivity contribution in [3.8, 4) is 11.3 Å². The molecular weight excluding hydrogens is 274 g/mol. The molecule has 2 aliphatic heterocycles. The Bertz CT molecular complexity index is 847. The molecule has 4 nitrogen and oxygen atoms in total. The first-order chi connectivity index (χ1) is 10.8. The first kappa shape index (κ1) is 12.2. The molecule has 0 fully saturated rings. The lowest BCUT2D eigenvalue weighted by atomic mass is 9.83. The maximum Gasteiger partial charge on any atom is 0.0991 e. The summed E-state index contributed by atoms with van der Waals surface area (Å²) >= 11 is 0. The van der Waals surface area contributed by atoms with E-state index in [-0.39, 0.29) is 12.0 Å². The molecule has 2 aliphatic rings. The SMILES string of the molecule is O[C@H]1c2cccn2CC[C@H]1C1c2ccccc2-c2cncn21. The molecule has 0 saturated carbocycles. The van der Waals surface area contributed by atoms with Crippen LogP contribution in [0.15, 0.2) is 55.1 Å². The van der Waals surface area contributed by atoms with E-state index in [1.807, 2.05) is 24.7 Å². The fraction of sp³-hybridized carbons (Fsp3) is 0.278. The number of rotatable bonds is 1. The zero-order valence-electron chi connectivity index (χ0n) is 12.1. The molecule has 0 spiro atoms. The standard InChI is InChI=1S/C18H17N3O/c22-18-14(7-9-20-8-3-6-15(18)20)17-13-5-2-1-4-12(13)16-10-19-11-21(16)17/h1-6,8,10-11,14,17-18,22H,7,9H2/t14-,17?,18+/m0/s1. The monoisotopic (exact) mass is 291 g/mol. The van der Waals surface area contributed by atoms with Crippen LogP contribution < -0.4 is 0 Å². The Hall–Kier alpha value is -2.33. The average molecular weight is 291 g/mol. The number of hydrogen-bond donors (Lipinski definition) is 1. The second-order valence-corrected chi connectivity index (χ2v) is 6.24. The van der Waals surface area contributed by atoms with Crippen LogP contribution in [0.3, 0.4) is 0 Å². The Balaban J connectivity index is 1.65. The molecule has 4 heteroatoms. The fourth-order valence-corrected chi connectivity index (χ4v) is 4.21. The summed E-state index contributed by atoms with van der Waals surface area (Å²) in [5.41, 5.74) is 4.75. The summed E-state index contributed by atoms with van der Waals surface area (Å²) in [6.45, 7) is 0.965. The maximum atomic E-state index is 10.9. The van der Waals surface area contributed by atoms with E-state index in [4.69, 9.17) is 0 Å². The van der Waals surface area contributed by atoms with Crippen molar-refractivity contribution < 1.29 is 5.11 Å². The molecule has 1 N–H and O–H groups in total. The van der Waals surface area contributed by atoms with E-state index in [9.17, 15) is 5.11 Å². The Labute approximate surface area is 128 Å². The number of benzene rings is 1. The van der Waals surface area contributed by atoms with Crippen LogP contribution in [0.4, 0.5) is 0 Å². The molecule has 1 unspecified atom stereocenters. The van der Waals surface area contributed by atoms with Gasteiger partial charge in [0.25, 0.3) is 0 Å². The Morgan fingerprint density at radius 1 is 1.14 bits per heavy atom. The number of hydrogen-bond acceptors (Lipinski definition) is 2. The molecule has 4 heterocycles. The number of aromatic nitrogens is 3. The molecule has 5 rings (SSSR count). The molecule has 0 saturated heterocycles. The average Bonchev–Trinajstić information content (AvgIpc) is 3.23. The highest BCUT2D eigenvalue weighted by Gasteiger charge is 2.40. The lowest BCUT2D eigenvalue weighted by Crippen LogP contribution is -2.30. The van der Waals surface area contributed by atoms with Gasteiger partial charge < -0.3 is 14.2 Å². The zero-order valence-corrected chi connectivity index (χ0v) is 12.1. The van der Waals surface area contributed by atoms with Crippen molar-refractivity contribution in [3.05, 3.63) is 66.4 Å². The highest BCUT2D eigenvalue weighted by atomic mass is 16.3. The normalized spacial score (nSPS) is 25.6. The van der Waals surface area contributed by atoms with Crippen molar-refractivity contribution in [1.82, 2.24) is 14.1 Å². The summed E-state index contributed by atoms with van der Waals surface area (Å²) in [7, 11) is 0. The van der Waals surface area contributed by atoms with Gasteiger partial charge in [-0.1, -0.05) is 24.3 Å². The number of aliphatic hydroxyl groups excluding tert-OH is 1. The van der Waals surface area contributed by atoms with Gasteiger partial charge in [0.15, 0.2) is 0 Å². The van der Waals surface area contributed by atoms with Crippen molar-refractivity contribution in [2.45, 2.75) is 25.1 Å². The van der Waals surface area contributed by atoms with Crippen molar-refractivity contribution >= 4 is 0 Å². The van der Waals surface area contributed by atoms with Crippen LogP contribution in [0.25, 0.3) is 11.3 Å². The van der Waals surface area contributed by atoms with E-state index in [0.29, 0.717) is 0 Å². The van der Waals surface area contributed by atoms with Crippen LogP contribution in [-0.2, 0) is 6.54 Å². The third-order valence-corrected chi connectivity index (χ3v) is 5.20. The summed E-state index contributed by atoms with van der Waals surface area (Å²) in [4.78, 5) is 4.32. The molecule has 0 amide bonds. The van der Waals surface area contributed by atoms with Gasteiger partial charge in [0, 0.05) is 29.9 Å². The van der Waals surface area contributed by atoms with Crippen molar-refractivity contribution in [3.63, 3.8) is 0 Å². The largest absolute Gasteiger partial charge is 0.386 e. The highest BCUT2D eigenvalue weighted by molar-refractivity contribution is 5.69. The van der Waals surface area contributed by atoms with E-state index in [1.165, 1.54) is 11.1 Å². The van der Waals surface area contributed by atoms with E-state index in [0.717, 1.165) is 24.4 Å². The summed E-state index contributed by atoms with van der Waals surface area (Å²) in [6.07, 6.45) is 6.42. The van der Waals surface area contributed by atoms with Crippen LogP contribution in [0, 0.1) is 5.92 Å². The first-order valence-electron chi connectivity index (χ1n) is 7.79. The topological polar surface area (TPSA) is 43.0 Å². The number of nitrogens with zero attached hydrogens (tertiary/aromatic N) is 3. The van der Waals surface area contributed by atoms with Crippen molar-refractivity contribution in [2.75, 3.05) is 0 Å². The summed E-state index contributed by atoms with van der Waals surface area (Å²) < 4.78 is 4.40. The van der Waals surface area contributed by atoms with Crippen LogP contribution in [0.5, 0.6) is 0 Å². The second-order valence-electron chi connectivity index (χ2n) is 6.24. The van der Waals surface area contributed by atoms with Gasteiger partial charge in [0.05, 0.1) is 30.4 Å². The molecule has 0 radical (unpaired) electrons. The summed E-state index contributed by atoms with van der Waals surface area (Å²) in [6, 6.07) is 12.7. The molecule has 3 atom stereocenters. The first-order valence-corrected chi connectivity index (χ1v) is 7.79. The van der Waals surface area contributed by atoms with Gasteiger partial charge in [0.1, 0.15) is 0 Å². The predicted octanol–water partition coefficient (Wildman–Crippen LogP) is 3.01. The molecule has 3 aromatic rings. The van der Waals surface area contributed by atoms with Crippen LogP contribution in [0.2, 0.25) is 0 Å². The number of fused-ring (bicyclic) bond motifs is 4. The molecule has 0 bridgehead atoms. The number of imidazole rings is 1. The third-order valence-electron chi connectivity index (χ3n) is 5.20. The van der Waals surface area contributed by atoms with Gasteiger partial charge in [-0.05, 0) is 24.1 Å². The maximum absolute atomic E-state index is 10.9. The van der Waals surface area contributed by atoms with E-state index in [2.05, 4.69) is 44.6 Å². The Kier molecular flexibility index (Phi) is 2.41. The second kappa shape index (κ2) is 4.34. The van der Waals surface area contributed by atoms with Gasteiger partial charge in [-0.3, -0.25) is 0 Å². The number of aliphatic hydroxyl groups is 1. The molecule has 1 aromatic carbocycles. The minimum absolute atomic E-state index is 0.173. The Morgan fingerprint density at radius 3 is 3.00 bits per heavy atom. The minimum Gasteiger partial charge on any atom is -0.386 e. The van der Waals surface area contributed by atoms with Crippen LogP contribution in [-0.4, -0.2) is 19.2 Å². The van der Waals surface area contributed by atoms with Crippen molar-refractivity contribution in [2.24, 2.45) is 5.92 Å². The summed E-state index contributed by atoms with van der Waals surface area (Å²) in [5.74, 6) is 0.180. The van der Waals surface area contributed by atoms with Crippen molar-refractivity contribution in [1.29, 1.82) is 0 Å². The van der Waals surface area contributed by atoms with E-state index < -0.39 is 6.10 Å². The minimum atomic E-state index is -0.435. The Morgan fingerprint density at radius 2 is 2.05 bits per heavy atom. The molecular formula is C18H17N3O. The third kappa shape index (κ3) is 1.48. The molecule has 110 valence electrons. The van der Waals surface area contributed by atoms with Crippen LogP contribution >= 0.6 is 0 Å². The van der Waals surface area contributed by atoms with Crippen LogP contribution in [0.1, 0.15) is 29.8 Å². The predicted molar refractivity (Wildman–Crippen MR) is 83.3 cm³/mol. The summed E-state index contributed by atoms with van der Waals surface area (Å²) in [5, 5.41) is 10.9. The fourth-order valence-electron chi connectivity index (χ4n) is 4.21. The smallest absolute Gasteiger partial charge is 0.0991 e. The highest BCUT2D eigenvalue weighted by Crippen LogP contribution is 2.48. The van der Waals surface area contributed by atoms with Gasteiger partial charge in [0.2, 0.25) is 0 Å². The molecule has 0 aliphatic carbocycles.